The lowest BCUT2D eigenvalue weighted by atomic mass is 10.1. The van der Waals surface area contributed by atoms with E-state index in [9.17, 15) is 9.59 Å². The van der Waals surface area contributed by atoms with Crippen LogP contribution in [0.25, 0.3) is 12.2 Å². The molecule has 33 heavy (non-hydrogen) atoms. The maximum atomic E-state index is 12.9. The maximum Gasteiger partial charge on any atom is 0.286 e. The van der Waals surface area contributed by atoms with Crippen molar-refractivity contribution in [3.8, 4) is 5.75 Å². The highest BCUT2D eigenvalue weighted by atomic mass is 16.5. The first kappa shape index (κ1) is 23.1. The molecule has 166 valence electrons. The van der Waals surface area contributed by atoms with E-state index < -0.39 is 11.8 Å². The molecule has 6 heteroatoms. The summed E-state index contributed by atoms with van der Waals surface area (Å²) in [6.07, 6.45) is 5.19. The third-order valence-electron chi connectivity index (χ3n) is 4.57. The van der Waals surface area contributed by atoms with E-state index in [4.69, 9.17) is 4.74 Å². The minimum absolute atomic E-state index is 0.0707. The molecule has 0 unspecified atom stereocenters. The molecule has 0 saturated heterocycles. The Balaban J connectivity index is 1.72. The number of ether oxygens (including phenoxy) is 1. The second-order valence-electron chi connectivity index (χ2n) is 7.00. The molecule has 0 atom stereocenters. The Morgan fingerprint density at radius 3 is 2.09 bits per heavy atom. The summed E-state index contributed by atoms with van der Waals surface area (Å²) in [5.74, 6) is -0.229. The number of carbonyl (C=O) groups is 2. The Bertz CT molecular complexity index is 1150. The zero-order chi connectivity index (χ0) is 23.5. The van der Waals surface area contributed by atoms with Crippen molar-refractivity contribution in [2.24, 2.45) is 0 Å². The molecule has 0 bridgehead atoms. The minimum Gasteiger partial charge on any atom is -0.497 e. The molecule has 3 aromatic carbocycles. The van der Waals surface area contributed by atoms with Crippen LogP contribution in [0, 0.1) is 0 Å². The highest BCUT2D eigenvalue weighted by Crippen LogP contribution is 2.14. The third kappa shape index (κ3) is 7.25. The molecule has 0 fully saturated rings. The van der Waals surface area contributed by atoms with Gasteiger partial charge in [0.05, 0.1) is 7.11 Å². The summed E-state index contributed by atoms with van der Waals surface area (Å²) in [5, 5.41) is 2.68. The van der Waals surface area contributed by atoms with Crippen LogP contribution in [-0.2, 0) is 4.79 Å². The molecule has 2 amide bonds. The number of methoxy groups -OCH3 is 1. The number of rotatable bonds is 9. The van der Waals surface area contributed by atoms with Crippen LogP contribution < -0.4 is 20.9 Å². The van der Waals surface area contributed by atoms with Gasteiger partial charge in [-0.3, -0.25) is 20.4 Å². The SMILES string of the molecule is C=C(C=Cc1ccccc1)NNC(=O)C(=Cc1ccc(OC)cc1)NC(=O)c1ccccc1. The largest absolute Gasteiger partial charge is 0.497 e. The van der Waals surface area contributed by atoms with Gasteiger partial charge in [0.15, 0.2) is 0 Å². The van der Waals surface area contributed by atoms with E-state index in [0.29, 0.717) is 17.0 Å². The molecule has 0 radical (unpaired) electrons. The van der Waals surface area contributed by atoms with Crippen LogP contribution in [0.5, 0.6) is 5.75 Å². The minimum atomic E-state index is -0.524. The van der Waals surface area contributed by atoms with Gasteiger partial charge in [-0.1, -0.05) is 73.3 Å². The predicted octanol–water partition coefficient (Wildman–Crippen LogP) is 4.31. The molecule has 0 heterocycles. The Hall–Kier alpha value is -4.58. The summed E-state index contributed by atoms with van der Waals surface area (Å²) >= 11 is 0. The van der Waals surface area contributed by atoms with Crippen molar-refractivity contribution < 1.29 is 14.3 Å². The van der Waals surface area contributed by atoms with E-state index in [0.717, 1.165) is 11.1 Å². The predicted molar refractivity (Wildman–Crippen MR) is 131 cm³/mol. The lowest BCUT2D eigenvalue weighted by Gasteiger charge is -2.13. The fraction of sp³-hybridized carbons (Fsp3) is 0.0370. The van der Waals surface area contributed by atoms with Crippen LogP contribution in [0.4, 0.5) is 0 Å². The molecule has 6 nitrogen and oxygen atoms in total. The molecule has 3 rings (SSSR count). The van der Waals surface area contributed by atoms with Gasteiger partial charge in [0.25, 0.3) is 11.8 Å². The van der Waals surface area contributed by atoms with Gasteiger partial charge >= 0.3 is 0 Å². The molecule has 0 aliphatic heterocycles. The Labute approximate surface area is 193 Å². The van der Waals surface area contributed by atoms with E-state index >= 15 is 0 Å². The van der Waals surface area contributed by atoms with Crippen LogP contribution in [0.15, 0.2) is 109 Å². The molecule has 0 saturated carbocycles. The van der Waals surface area contributed by atoms with Gasteiger partial charge in [0.1, 0.15) is 11.4 Å². The van der Waals surface area contributed by atoms with Crippen molar-refractivity contribution >= 4 is 24.0 Å². The van der Waals surface area contributed by atoms with Gasteiger partial charge in [-0.2, -0.15) is 0 Å². The normalized spacial score (nSPS) is 11.0. The number of benzene rings is 3. The second-order valence-corrected chi connectivity index (χ2v) is 7.00. The fourth-order valence-electron chi connectivity index (χ4n) is 2.82. The van der Waals surface area contributed by atoms with Gasteiger partial charge in [-0.25, -0.2) is 0 Å². The number of carbonyl (C=O) groups excluding carboxylic acids is 2. The first-order valence-electron chi connectivity index (χ1n) is 10.3. The standard InChI is InChI=1S/C27H25N3O3/c1-20(13-14-21-9-5-3-6-10-21)29-30-27(32)25(19-22-15-17-24(33-2)18-16-22)28-26(31)23-11-7-4-8-12-23/h3-19,29H,1H2,2H3,(H,28,31)(H,30,32). The summed E-state index contributed by atoms with van der Waals surface area (Å²) in [6.45, 7) is 3.88. The number of hydrazine groups is 1. The van der Waals surface area contributed by atoms with Crippen molar-refractivity contribution in [1.29, 1.82) is 0 Å². The van der Waals surface area contributed by atoms with Crippen LogP contribution in [0.3, 0.4) is 0 Å². The van der Waals surface area contributed by atoms with E-state index in [1.54, 1.807) is 67.8 Å². The third-order valence-corrected chi connectivity index (χ3v) is 4.57. The molecule has 0 aliphatic carbocycles. The topological polar surface area (TPSA) is 79.5 Å². The molecule has 0 spiro atoms. The first-order valence-corrected chi connectivity index (χ1v) is 10.3. The van der Waals surface area contributed by atoms with Gasteiger partial charge < -0.3 is 10.1 Å². The maximum absolute atomic E-state index is 12.9. The Kier molecular flexibility index (Phi) is 8.20. The molecular formula is C27H25N3O3. The van der Waals surface area contributed by atoms with E-state index in [1.807, 2.05) is 42.5 Å². The average molecular weight is 440 g/mol. The van der Waals surface area contributed by atoms with Crippen molar-refractivity contribution in [3.63, 3.8) is 0 Å². The quantitative estimate of drug-likeness (QED) is 0.264. The fourth-order valence-corrected chi connectivity index (χ4v) is 2.82. The summed E-state index contributed by atoms with van der Waals surface area (Å²) in [4.78, 5) is 25.5. The smallest absolute Gasteiger partial charge is 0.286 e. The van der Waals surface area contributed by atoms with Crippen molar-refractivity contribution in [3.05, 3.63) is 126 Å². The molecule has 0 aromatic heterocycles. The highest BCUT2D eigenvalue weighted by Gasteiger charge is 2.14. The number of nitrogens with one attached hydrogen (secondary N) is 3. The van der Waals surface area contributed by atoms with E-state index in [2.05, 4.69) is 22.7 Å². The van der Waals surface area contributed by atoms with Gasteiger partial charge in [0, 0.05) is 11.3 Å². The average Bonchev–Trinajstić information content (AvgIpc) is 2.87. The Morgan fingerprint density at radius 2 is 1.45 bits per heavy atom. The number of allylic oxidation sites excluding steroid dienone is 1. The zero-order valence-electron chi connectivity index (χ0n) is 18.2. The molecule has 0 aliphatic rings. The molecular weight excluding hydrogens is 414 g/mol. The van der Waals surface area contributed by atoms with E-state index in [1.165, 1.54) is 0 Å². The van der Waals surface area contributed by atoms with Gasteiger partial charge in [-0.05, 0) is 47.5 Å². The van der Waals surface area contributed by atoms with Crippen LogP contribution in [0.1, 0.15) is 21.5 Å². The van der Waals surface area contributed by atoms with Crippen LogP contribution in [0.2, 0.25) is 0 Å². The van der Waals surface area contributed by atoms with E-state index in [-0.39, 0.29) is 5.70 Å². The number of hydrogen-bond donors (Lipinski definition) is 3. The number of hydrogen-bond acceptors (Lipinski definition) is 4. The van der Waals surface area contributed by atoms with Gasteiger partial charge in [0.2, 0.25) is 0 Å². The van der Waals surface area contributed by atoms with Crippen LogP contribution in [-0.4, -0.2) is 18.9 Å². The summed E-state index contributed by atoms with van der Waals surface area (Å²) in [7, 11) is 1.58. The van der Waals surface area contributed by atoms with Crippen molar-refractivity contribution in [2.45, 2.75) is 0 Å². The van der Waals surface area contributed by atoms with Crippen molar-refractivity contribution in [1.82, 2.24) is 16.2 Å². The monoisotopic (exact) mass is 439 g/mol. The van der Waals surface area contributed by atoms with Gasteiger partial charge in [-0.15, -0.1) is 0 Å². The Morgan fingerprint density at radius 1 is 0.818 bits per heavy atom. The van der Waals surface area contributed by atoms with Crippen molar-refractivity contribution in [2.75, 3.05) is 7.11 Å². The zero-order valence-corrected chi connectivity index (χ0v) is 18.2. The summed E-state index contributed by atoms with van der Waals surface area (Å²) < 4.78 is 5.17. The van der Waals surface area contributed by atoms with Crippen LogP contribution >= 0.6 is 0 Å². The lowest BCUT2D eigenvalue weighted by Crippen LogP contribution is -2.41. The number of amides is 2. The lowest BCUT2D eigenvalue weighted by molar-refractivity contribution is -0.118. The first-order chi connectivity index (χ1) is 16.0. The molecule has 3 N–H and O–H groups in total. The highest BCUT2D eigenvalue weighted by molar-refractivity contribution is 6.05. The summed E-state index contributed by atoms with van der Waals surface area (Å²) in [5.41, 5.74) is 8.04. The molecule has 3 aromatic rings. The summed E-state index contributed by atoms with van der Waals surface area (Å²) in [6, 6.07) is 25.5. The second kappa shape index (κ2) is 11.7.